The summed E-state index contributed by atoms with van der Waals surface area (Å²) in [6.45, 7) is 0.0299. The molecule has 0 fully saturated rings. The maximum absolute atomic E-state index is 12.2. The van der Waals surface area contributed by atoms with Crippen LogP contribution in [0.25, 0.3) is 10.9 Å². The Morgan fingerprint density at radius 1 is 1.16 bits per heavy atom. The van der Waals surface area contributed by atoms with E-state index in [1.165, 1.54) is 18.2 Å². The first-order valence-corrected chi connectivity index (χ1v) is 7.37. The van der Waals surface area contributed by atoms with E-state index in [9.17, 15) is 19.7 Å². The summed E-state index contributed by atoms with van der Waals surface area (Å²) in [5.74, 6) is -0.869. The number of carbonyl (C=O) groups is 2. The highest BCUT2D eigenvalue weighted by molar-refractivity contribution is 5.96. The smallest absolute Gasteiger partial charge is 0.270 e. The van der Waals surface area contributed by atoms with Crippen LogP contribution in [0.15, 0.2) is 54.7 Å². The number of nitro benzene ring substituents is 1. The van der Waals surface area contributed by atoms with Gasteiger partial charge in [0.25, 0.3) is 5.69 Å². The lowest BCUT2D eigenvalue weighted by Crippen LogP contribution is -2.19. The number of nitrogens with one attached hydrogen (secondary N) is 1. The number of primary amides is 1. The normalized spacial score (nSPS) is 10.6. The van der Waals surface area contributed by atoms with Crippen molar-refractivity contribution >= 4 is 34.1 Å². The van der Waals surface area contributed by atoms with Crippen LogP contribution in [0.3, 0.4) is 0 Å². The third-order valence-electron chi connectivity index (χ3n) is 3.71. The molecule has 0 unspecified atom stereocenters. The summed E-state index contributed by atoms with van der Waals surface area (Å²) in [6, 6.07) is 12.5. The fourth-order valence-corrected chi connectivity index (χ4v) is 2.54. The first-order chi connectivity index (χ1) is 11.9. The Labute approximate surface area is 142 Å². The quantitative estimate of drug-likeness (QED) is 0.547. The molecule has 3 N–H and O–H groups in total. The highest BCUT2D eigenvalue weighted by Crippen LogP contribution is 2.22. The molecule has 0 saturated heterocycles. The molecule has 1 aromatic heterocycles. The first kappa shape index (κ1) is 16.2. The second-order valence-electron chi connectivity index (χ2n) is 5.44. The summed E-state index contributed by atoms with van der Waals surface area (Å²) in [4.78, 5) is 33.7. The van der Waals surface area contributed by atoms with Crippen LogP contribution in [0.5, 0.6) is 0 Å². The molecule has 25 heavy (non-hydrogen) atoms. The lowest BCUT2D eigenvalue weighted by atomic mass is 10.2. The molecule has 0 spiro atoms. The van der Waals surface area contributed by atoms with Gasteiger partial charge in [0.2, 0.25) is 11.8 Å². The Hall–Kier alpha value is -3.68. The zero-order valence-corrected chi connectivity index (χ0v) is 13.0. The van der Waals surface area contributed by atoms with Gasteiger partial charge in [0.1, 0.15) is 6.54 Å². The van der Waals surface area contributed by atoms with Gasteiger partial charge in [-0.3, -0.25) is 19.7 Å². The molecule has 2 aromatic carbocycles. The number of anilines is 1. The average molecular weight is 338 g/mol. The zero-order chi connectivity index (χ0) is 18.0. The van der Waals surface area contributed by atoms with Crippen LogP contribution < -0.4 is 11.1 Å². The molecule has 3 aromatic rings. The van der Waals surface area contributed by atoms with Crippen molar-refractivity contribution in [1.29, 1.82) is 0 Å². The Morgan fingerprint density at radius 3 is 2.68 bits per heavy atom. The second kappa shape index (κ2) is 6.44. The molecule has 126 valence electrons. The van der Waals surface area contributed by atoms with Gasteiger partial charge in [-0.05, 0) is 30.3 Å². The molecule has 8 heteroatoms. The predicted molar refractivity (Wildman–Crippen MR) is 92.2 cm³/mol. The Morgan fingerprint density at radius 2 is 1.96 bits per heavy atom. The highest BCUT2D eigenvalue weighted by atomic mass is 16.6. The van der Waals surface area contributed by atoms with Gasteiger partial charge in [-0.1, -0.05) is 6.07 Å². The van der Waals surface area contributed by atoms with Crippen molar-refractivity contribution < 1.29 is 14.5 Å². The molecule has 0 aliphatic heterocycles. The molecule has 0 radical (unpaired) electrons. The number of hydrogen-bond acceptors (Lipinski definition) is 4. The third-order valence-corrected chi connectivity index (χ3v) is 3.71. The van der Waals surface area contributed by atoms with Crippen molar-refractivity contribution in [2.75, 3.05) is 5.32 Å². The van der Waals surface area contributed by atoms with E-state index >= 15 is 0 Å². The van der Waals surface area contributed by atoms with Gasteiger partial charge in [-0.15, -0.1) is 0 Å². The number of nitrogens with zero attached hydrogens (tertiary/aromatic N) is 2. The number of non-ortho nitro benzene ring substituents is 1. The Balaban J connectivity index is 1.77. The summed E-state index contributed by atoms with van der Waals surface area (Å²) in [5, 5.41) is 14.2. The summed E-state index contributed by atoms with van der Waals surface area (Å²) < 4.78 is 1.69. The van der Waals surface area contributed by atoms with Crippen LogP contribution in [0, 0.1) is 10.1 Å². The third kappa shape index (κ3) is 3.47. The van der Waals surface area contributed by atoms with Crippen molar-refractivity contribution in [2.24, 2.45) is 5.73 Å². The number of nitrogens with two attached hydrogens (primary N) is 1. The summed E-state index contributed by atoms with van der Waals surface area (Å²) >= 11 is 0. The molecule has 0 saturated carbocycles. The van der Waals surface area contributed by atoms with Crippen LogP contribution in [0.2, 0.25) is 0 Å². The number of benzene rings is 2. The molecule has 0 aliphatic rings. The number of hydrogen-bond donors (Lipinski definition) is 2. The van der Waals surface area contributed by atoms with Crippen molar-refractivity contribution in [3.05, 3.63) is 70.4 Å². The highest BCUT2D eigenvalue weighted by Gasteiger charge is 2.11. The standard InChI is InChI=1S/C17H14N4O4/c18-17(23)12-2-1-3-13(8-12)19-16(22)10-20-7-6-11-9-14(21(24)25)4-5-15(11)20/h1-9H,10H2,(H2,18,23)(H,19,22). The van der Waals surface area contributed by atoms with E-state index < -0.39 is 10.8 Å². The number of aromatic nitrogens is 1. The molecular formula is C17H14N4O4. The van der Waals surface area contributed by atoms with Crippen LogP contribution in [-0.4, -0.2) is 21.3 Å². The van der Waals surface area contributed by atoms with Gasteiger partial charge < -0.3 is 15.6 Å². The topological polar surface area (TPSA) is 120 Å². The molecule has 1 heterocycles. The van der Waals surface area contributed by atoms with Crippen molar-refractivity contribution in [1.82, 2.24) is 4.57 Å². The van der Waals surface area contributed by atoms with Crippen LogP contribution in [0.1, 0.15) is 10.4 Å². The second-order valence-corrected chi connectivity index (χ2v) is 5.44. The van der Waals surface area contributed by atoms with Crippen LogP contribution in [0.4, 0.5) is 11.4 Å². The van der Waals surface area contributed by atoms with E-state index in [0.29, 0.717) is 22.2 Å². The van der Waals surface area contributed by atoms with Gasteiger partial charge in [0, 0.05) is 40.5 Å². The summed E-state index contributed by atoms with van der Waals surface area (Å²) in [6.07, 6.45) is 1.69. The minimum absolute atomic E-state index is 0.00188. The molecule has 0 aliphatic carbocycles. The average Bonchev–Trinajstić information content (AvgIpc) is 2.97. The molecule has 0 atom stereocenters. The van der Waals surface area contributed by atoms with Crippen molar-refractivity contribution in [2.45, 2.75) is 6.54 Å². The minimum Gasteiger partial charge on any atom is -0.366 e. The maximum Gasteiger partial charge on any atom is 0.270 e. The maximum atomic E-state index is 12.2. The number of nitro groups is 1. The number of amides is 2. The SMILES string of the molecule is NC(=O)c1cccc(NC(=O)Cn2ccc3cc([N+](=O)[O-])ccc32)c1. The number of carbonyl (C=O) groups excluding carboxylic acids is 2. The van der Waals surface area contributed by atoms with E-state index in [1.54, 1.807) is 41.1 Å². The largest absolute Gasteiger partial charge is 0.366 e. The molecule has 2 amide bonds. The number of fused-ring (bicyclic) bond motifs is 1. The first-order valence-electron chi connectivity index (χ1n) is 7.37. The van der Waals surface area contributed by atoms with Gasteiger partial charge in [-0.25, -0.2) is 0 Å². The van der Waals surface area contributed by atoms with Crippen molar-refractivity contribution in [3.8, 4) is 0 Å². The lowest BCUT2D eigenvalue weighted by Gasteiger charge is -2.08. The van der Waals surface area contributed by atoms with Crippen molar-refractivity contribution in [3.63, 3.8) is 0 Å². The van der Waals surface area contributed by atoms with Gasteiger partial charge in [0.05, 0.1) is 4.92 Å². The molecule has 8 nitrogen and oxygen atoms in total. The van der Waals surface area contributed by atoms with Crippen LogP contribution in [-0.2, 0) is 11.3 Å². The molecule has 0 bridgehead atoms. The summed E-state index contributed by atoms with van der Waals surface area (Å²) in [5.41, 5.74) is 6.70. The fourth-order valence-electron chi connectivity index (χ4n) is 2.54. The van der Waals surface area contributed by atoms with Gasteiger partial charge in [0.15, 0.2) is 0 Å². The minimum atomic E-state index is -0.575. The van der Waals surface area contributed by atoms with Gasteiger partial charge in [-0.2, -0.15) is 0 Å². The number of rotatable bonds is 5. The molecular weight excluding hydrogens is 324 g/mol. The van der Waals surface area contributed by atoms with E-state index in [0.717, 1.165) is 0 Å². The van der Waals surface area contributed by atoms with E-state index in [2.05, 4.69) is 5.32 Å². The van der Waals surface area contributed by atoms with E-state index in [1.807, 2.05) is 0 Å². The Bertz CT molecular complexity index is 993. The van der Waals surface area contributed by atoms with E-state index in [4.69, 9.17) is 5.73 Å². The zero-order valence-electron chi connectivity index (χ0n) is 13.0. The molecule has 3 rings (SSSR count). The monoisotopic (exact) mass is 338 g/mol. The van der Waals surface area contributed by atoms with E-state index in [-0.39, 0.29) is 18.1 Å². The van der Waals surface area contributed by atoms with Gasteiger partial charge >= 0.3 is 0 Å². The lowest BCUT2D eigenvalue weighted by molar-refractivity contribution is -0.384. The van der Waals surface area contributed by atoms with Crippen LogP contribution >= 0.6 is 0 Å². The Kier molecular flexibility index (Phi) is 4.17. The predicted octanol–water partition coefficient (Wildman–Crippen LogP) is 2.29. The fraction of sp³-hybridized carbons (Fsp3) is 0.0588. The summed E-state index contributed by atoms with van der Waals surface area (Å²) in [7, 11) is 0.